The monoisotopic (exact) mass is 797 g/mol. The van der Waals surface area contributed by atoms with Crippen molar-refractivity contribution in [3.8, 4) is 10.7 Å². The first-order chi connectivity index (χ1) is 27.2. The molecule has 1 saturated heterocycles. The molecule has 0 bridgehead atoms. The van der Waals surface area contributed by atoms with E-state index in [4.69, 9.17) is 4.98 Å². The molecular formula is C43H55N7O6S. The van der Waals surface area contributed by atoms with Crippen molar-refractivity contribution in [2.45, 2.75) is 97.1 Å². The van der Waals surface area contributed by atoms with E-state index in [1.807, 2.05) is 98.1 Å². The van der Waals surface area contributed by atoms with Gasteiger partial charge in [-0.2, -0.15) is 0 Å². The van der Waals surface area contributed by atoms with Crippen molar-refractivity contribution >= 4 is 35.3 Å². The third kappa shape index (κ3) is 11.8. The third-order valence-electron chi connectivity index (χ3n) is 10.4. The SMILES string of the molecule is CCC(C)[C@@H](C(=O)N[C@@H](Cc1ccccc1)[C@@H](O)C[C@H](Cc1ccccc1)NC(=O)[C@@H](NC(=O)O)C(C)(C)C)N1CCN(Cc2csc(-c3ccccn3)n2)C1=O. The first-order valence-corrected chi connectivity index (χ1v) is 20.4. The van der Waals surface area contributed by atoms with E-state index in [9.17, 15) is 29.4 Å². The number of carbonyl (C=O) groups is 4. The number of hydrogen-bond acceptors (Lipinski definition) is 8. The Labute approximate surface area is 338 Å². The second kappa shape index (κ2) is 19.7. The molecule has 0 radical (unpaired) electrons. The van der Waals surface area contributed by atoms with Gasteiger partial charge in [0.15, 0.2) is 0 Å². The van der Waals surface area contributed by atoms with Crippen LogP contribution in [0.15, 0.2) is 90.4 Å². The van der Waals surface area contributed by atoms with Crippen LogP contribution in [0.2, 0.25) is 0 Å². The predicted molar refractivity (Wildman–Crippen MR) is 220 cm³/mol. The molecule has 14 heteroatoms. The number of aliphatic hydroxyl groups excluding tert-OH is 1. The van der Waals surface area contributed by atoms with Crippen LogP contribution in [-0.4, -0.2) is 97.3 Å². The van der Waals surface area contributed by atoms with Crippen LogP contribution in [0.5, 0.6) is 0 Å². The Morgan fingerprint density at radius 3 is 2.12 bits per heavy atom. The number of hydrogen-bond donors (Lipinski definition) is 5. The molecule has 0 aliphatic carbocycles. The molecule has 5 rings (SSSR count). The molecule has 0 spiro atoms. The van der Waals surface area contributed by atoms with Crippen LogP contribution in [0.3, 0.4) is 0 Å². The Bertz CT molecular complexity index is 1920. The summed E-state index contributed by atoms with van der Waals surface area (Å²) in [5.41, 5.74) is 2.58. The van der Waals surface area contributed by atoms with Gasteiger partial charge in [-0.25, -0.2) is 14.6 Å². The van der Waals surface area contributed by atoms with Gasteiger partial charge in [0, 0.05) is 30.7 Å². The minimum atomic E-state index is -1.32. The fourth-order valence-corrected chi connectivity index (χ4v) is 7.96. The molecule has 4 aromatic rings. The zero-order valence-electron chi connectivity index (χ0n) is 33.3. The Balaban J connectivity index is 1.35. The van der Waals surface area contributed by atoms with E-state index in [2.05, 4.69) is 20.9 Å². The zero-order valence-corrected chi connectivity index (χ0v) is 34.1. The first kappa shape index (κ1) is 42.8. The average molecular weight is 798 g/mol. The number of benzene rings is 2. The van der Waals surface area contributed by atoms with Gasteiger partial charge in [0.1, 0.15) is 17.1 Å². The van der Waals surface area contributed by atoms with Crippen LogP contribution < -0.4 is 16.0 Å². The summed E-state index contributed by atoms with van der Waals surface area (Å²) in [6.45, 7) is 10.3. The highest BCUT2D eigenvalue weighted by Crippen LogP contribution is 2.26. The van der Waals surface area contributed by atoms with Crippen molar-refractivity contribution in [3.63, 3.8) is 0 Å². The van der Waals surface area contributed by atoms with Crippen molar-refractivity contribution in [1.82, 2.24) is 35.7 Å². The lowest BCUT2D eigenvalue weighted by molar-refractivity contribution is -0.129. The lowest BCUT2D eigenvalue weighted by atomic mass is 9.85. The third-order valence-corrected chi connectivity index (χ3v) is 11.3. The van der Waals surface area contributed by atoms with E-state index in [-0.39, 0.29) is 24.3 Å². The molecule has 13 nitrogen and oxygen atoms in total. The number of nitrogens with zero attached hydrogens (tertiary/aromatic N) is 4. The second-order valence-electron chi connectivity index (χ2n) is 15.8. The number of aromatic nitrogens is 2. The van der Waals surface area contributed by atoms with Gasteiger partial charge in [-0.1, -0.05) is 108 Å². The van der Waals surface area contributed by atoms with Gasteiger partial charge in [-0.05, 0) is 53.9 Å². The first-order valence-electron chi connectivity index (χ1n) is 19.5. The van der Waals surface area contributed by atoms with Gasteiger partial charge in [0.05, 0.1) is 30.1 Å². The molecule has 1 fully saturated rings. The number of carbonyl (C=O) groups excluding carboxylic acids is 3. The number of pyridine rings is 1. The number of thiazole rings is 1. The number of carboxylic acid groups (broad SMARTS) is 1. The Morgan fingerprint density at radius 1 is 0.877 bits per heavy atom. The minimum Gasteiger partial charge on any atom is -0.465 e. The summed E-state index contributed by atoms with van der Waals surface area (Å²) in [7, 11) is 0. The molecule has 5 amide bonds. The van der Waals surface area contributed by atoms with Crippen LogP contribution in [0.1, 0.15) is 64.3 Å². The summed E-state index contributed by atoms with van der Waals surface area (Å²) in [4.78, 5) is 66.3. The van der Waals surface area contributed by atoms with Gasteiger partial charge < -0.3 is 36.0 Å². The second-order valence-corrected chi connectivity index (χ2v) is 16.7. The van der Waals surface area contributed by atoms with E-state index in [0.717, 1.165) is 27.5 Å². The fraction of sp³-hybridized carbons (Fsp3) is 0.442. The highest BCUT2D eigenvalue weighted by molar-refractivity contribution is 7.13. The zero-order chi connectivity index (χ0) is 41.1. The van der Waals surface area contributed by atoms with E-state index >= 15 is 0 Å². The summed E-state index contributed by atoms with van der Waals surface area (Å²) in [5.74, 6) is -1.08. The van der Waals surface area contributed by atoms with Crippen molar-refractivity contribution in [1.29, 1.82) is 0 Å². The lowest BCUT2D eigenvalue weighted by Gasteiger charge is -2.35. The highest BCUT2D eigenvalue weighted by Gasteiger charge is 2.41. The van der Waals surface area contributed by atoms with Gasteiger partial charge >= 0.3 is 12.1 Å². The summed E-state index contributed by atoms with van der Waals surface area (Å²) < 4.78 is 0. The van der Waals surface area contributed by atoms with Crippen molar-refractivity contribution in [2.24, 2.45) is 11.3 Å². The van der Waals surface area contributed by atoms with E-state index < -0.39 is 47.7 Å². The molecule has 57 heavy (non-hydrogen) atoms. The quantitative estimate of drug-likeness (QED) is 0.0846. The fourth-order valence-electron chi connectivity index (χ4n) is 7.17. The van der Waals surface area contributed by atoms with Gasteiger partial charge in [-0.3, -0.25) is 14.6 Å². The van der Waals surface area contributed by atoms with Crippen molar-refractivity contribution < 1.29 is 29.4 Å². The maximum Gasteiger partial charge on any atom is 0.405 e. The summed E-state index contributed by atoms with van der Waals surface area (Å²) in [6, 6.07) is 21.2. The van der Waals surface area contributed by atoms with E-state index in [0.29, 0.717) is 38.9 Å². The number of nitrogens with one attached hydrogen (secondary N) is 3. The molecule has 1 unspecified atom stereocenters. The predicted octanol–water partition coefficient (Wildman–Crippen LogP) is 5.75. The summed E-state index contributed by atoms with van der Waals surface area (Å²) in [6.07, 6.45) is 0.608. The average Bonchev–Trinajstić information content (AvgIpc) is 3.80. The number of aliphatic hydroxyl groups is 1. The van der Waals surface area contributed by atoms with E-state index in [1.54, 1.807) is 36.8 Å². The number of rotatable bonds is 18. The highest BCUT2D eigenvalue weighted by atomic mass is 32.1. The summed E-state index contributed by atoms with van der Waals surface area (Å²) in [5, 5.41) is 32.8. The molecule has 0 saturated carbocycles. The molecule has 1 aliphatic heterocycles. The summed E-state index contributed by atoms with van der Waals surface area (Å²) >= 11 is 1.47. The van der Waals surface area contributed by atoms with Crippen molar-refractivity contribution in [2.75, 3.05) is 13.1 Å². The van der Waals surface area contributed by atoms with Gasteiger partial charge in [0.2, 0.25) is 11.8 Å². The minimum absolute atomic E-state index is 0.0564. The van der Waals surface area contributed by atoms with Crippen molar-refractivity contribution in [3.05, 3.63) is 107 Å². The number of amides is 5. The van der Waals surface area contributed by atoms with Gasteiger partial charge in [-0.15, -0.1) is 11.3 Å². The van der Waals surface area contributed by atoms with Crippen LogP contribution in [0.25, 0.3) is 10.7 Å². The lowest BCUT2D eigenvalue weighted by Crippen LogP contribution is -2.58. The normalized spacial score (nSPS) is 16.3. The molecular weight excluding hydrogens is 743 g/mol. The number of urea groups is 1. The molecule has 5 N–H and O–H groups in total. The van der Waals surface area contributed by atoms with Crippen LogP contribution in [0.4, 0.5) is 9.59 Å². The van der Waals surface area contributed by atoms with E-state index in [1.165, 1.54) is 11.3 Å². The van der Waals surface area contributed by atoms with Crippen LogP contribution >= 0.6 is 11.3 Å². The maximum absolute atomic E-state index is 14.5. The topological polar surface area (TPSA) is 177 Å². The molecule has 1 aliphatic rings. The van der Waals surface area contributed by atoms with Gasteiger partial charge in [0.25, 0.3) is 0 Å². The Hall–Kier alpha value is -5.34. The molecule has 2 aromatic heterocycles. The molecule has 6 atom stereocenters. The largest absolute Gasteiger partial charge is 0.465 e. The Kier molecular flexibility index (Phi) is 14.8. The molecule has 2 aromatic carbocycles. The smallest absolute Gasteiger partial charge is 0.405 e. The van der Waals surface area contributed by atoms with Crippen LogP contribution in [-0.2, 0) is 29.0 Å². The standard InChI is InChI=1S/C43H55N7O6S/c1-6-28(2)36(50-22-21-49(42(50)56)26-32-27-57-40(46-32)33-19-13-14-20-44-33)38(52)47-34(24-30-17-11-8-12-18-30)35(51)25-31(23-29-15-9-7-10-16-29)45-39(53)37(43(3,4)5)48-41(54)55/h7-20,27-28,31,34-37,48,51H,6,21-26H2,1-5H3,(H,45,53)(H,47,52)(H,54,55)/t28?,31-,34-,35-,36-,37+/m0/s1. The maximum atomic E-state index is 14.5. The Morgan fingerprint density at radius 2 is 1.53 bits per heavy atom. The molecule has 304 valence electrons. The van der Waals surface area contributed by atoms with Crippen LogP contribution in [0, 0.1) is 11.3 Å². The molecule has 3 heterocycles.